The normalized spacial score (nSPS) is 25.8. The van der Waals surface area contributed by atoms with Crippen LogP contribution in [0.15, 0.2) is 30.3 Å². The molecule has 104 valence electrons. The van der Waals surface area contributed by atoms with Gasteiger partial charge in [0.15, 0.2) is 0 Å². The Balaban J connectivity index is 1.84. The minimum Gasteiger partial charge on any atom is -0.444 e. The van der Waals surface area contributed by atoms with Gasteiger partial charge in [-0.2, -0.15) is 0 Å². The first-order valence-electron chi connectivity index (χ1n) is 6.82. The van der Waals surface area contributed by atoms with E-state index in [1.54, 1.807) is 0 Å². The second-order valence-corrected chi connectivity index (χ2v) is 6.68. The van der Waals surface area contributed by atoms with Crippen molar-refractivity contribution in [2.45, 2.75) is 45.6 Å². The molecule has 1 saturated carbocycles. The Hall–Kier alpha value is -1.51. The maximum atomic E-state index is 11.6. The highest BCUT2D eigenvalue weighted by atomic mass is 16.6. The summed E-state index contributed by atoms with van der Waals surface area (Å²) in [7, 11) is 0. The van der Waals surface area contributed by atoms with Gasteiger partial charge in [0, 0.05) is 6.54 Å². The molecular formula is C16H23NO2. The monoisotopic (exact) mass is 261 g/mol. The van der Waals surface area contributed by atoms with Crippen LogP contribution in [-0.2, 0) is 4.74 Å². The fourth-order valence-electron chi connectivity index (χ4n) is 2.40. The number of amides is 1. The number of nitrogens with one attached hydrogen (secondary N) is 1. The maximum absolute atomic E-state index is 11.6. The van der Waals surface area contributed by atoms with E-state index in [9.17, 15) is 4.79 Å². The van der Waals surface area contributed by atoms with Crippen molar-refractivity contribution in [3.05, 3.63) is 35.9 Å². The van der Waals surface area contributed by atoms with Gasteiger partial charge in [-0.25, -0.2) is 4.79 Å². The van der Waals surface area contributed by atoms with Gasteiger partial charge in [-0.3, -0.25) is 0 Å². The first kappa shape index (κ1) is 13.9. The van der Waals surface area contributed by atoms with Crippen LogP contribution >= 0.6 is 0 Å². The molecule has 0 bridgehead atoms. The third-order valence-corrected chi connectivity index (χ3v) is 3.59. The van der Waals surface area contributed by atoms with Crippen molar-refractivity contribution in [3.63, 3.8) is 0 Å². The minimum atomic E-state index is -0.437. The zero-order valence-corrected chi connectivity index (χ0v) is 12.2. The molecule has 0 aromatic heterocycles. The van der Waals surface area contributed by atoms with Crippen molar-refractivity contribution in [1.82, 2.24) is 5.32 Å². The van der Waals surface area contributed by atoms with Gasteiger partial charge in [-0.15, -0.1) is 0 Å². The third kappa shape index (κ3) is 3.72. The quantitative estimate of drug-likeness (QED) is 0.900. The summed E-state index contributed by atoms with van der Waals surface area (Å²) in [5.74, 6) is 0.545. The largest absolute Gasteiger partial charge is 0.444 e. The number of rotatable bonds is 3. The standard InChI is InChI=1S/C16H23NO2/c1-15(2,3)19-14(18)17-11-16(4)10-13(16)12-8-6-5-7-9-12/h5-9,13H,10-11H2,1-4H3,(H,17,18). The number of benzene rings is 1. The third-order valence-electron chi connectivity index (χ3n) is 3.59. The number of ether oxygens (including phenoxy) is 1. The topological polar surface area (TPSA) is 38.3 Å². The van der Waals surface area contributed by atoms with E-state index in [1.165, 1.54) is 5.56 Å². The molecule has 1 amide bonds. The first-order chi connectivity index (χ1) is 8.80. The first-order valence-corrected chi connectivity index (χ1v) is 6.82. The van der Waals surface area contributed by atoms with Crippen LogP contribution in [0, 0.1) is 5.41 Å². The lowest BCUT2D eigenvalue weighted by Crippen LogP contribution is -2.35. The predicted octanol–water partition coefficient (Wildman–Crippen LogP) is 3.70. The van der Waals surface area contributed by atoms with Gasteiger partial charge in [-0.1, -0.05) is 37.3 Å². The Morgan fingerprint density at radius 2 is 2.00 bits per heavy atom. The molecule has 0 heterocycles. The number of hydrogen-bond acceptors (Lipinski definition) is 2. The van der Waals surface area contributed by atoms with Gasteiger partial charge in [0.2, 0.25) is 0 Å². The van der Waals surface area contributed by atoms with Crippen LogP contribution in [0.3, 0.4) is 0 Å². The molecule has 1 aliphatic rings. The predicted molar refractivity (Wildman–Crippen MR) is 76.1 cm³/mol. The van der Waals surface area contributed by atoms with E-state index in [4.69, 9.17) is 4.74 Å². The van der Waals surface area contributed by atoms with E-state index in [-0.39, 0.29) is 11.5 Å². The summed E-state index contributed by atoms with van der Waals surface area (Å²) in [6, 6.07) is 10.5. The summed E-state index contributed by atoms with van der Waals surface area (Å²) in [5.41, 5.74) is 1.09. The lowest BCUT2D eigenvalue weighted by molar-refractivity contribution is 0.0517. The Kier molecular flexibility index (Phi) is 3.57. The highest BCUT2D eigenvalue weighted by molar-refractivity contribution is 5.67. The smallest absolute Gasteiger partial charge is 0.407 e. The minimum absolute atomic E-state index is 0.165. The van der Waals surface area contributed by atoms with Crippen LogP contribution in [0.25, 0.3) is 0 Å². The van der Waals surface area contributed by atoms with Crippen molar-refractivity contribution in [2.75, 3.05) is 6.54 Å². The SMILES string of the molecule is CC(C)(C)OC(=O)NCC1(C)CC1c1ccccc1. The van der Waals surface area contributed by atoms with Crippen molar-refractivity contribution >= 4 is 6.09 Å². The van der Waals surface area contributed by atoms with Crippen LogP contribution in [0.5, 0.6) is 0 Å². The molecule has 0 radical (unpaired) electrons. The van der Waals surface area contributed by atoms with Crippen molar-refractivity contribution in [1.29, 1.82) is 0 Å². The van der Waals surface area contributed by atoms with Gasteiger partial charge >= 0.3 is 6.09 Å². The molecule has 1 aromatic rings. The molecular weight excluding hydrogens is 238 g/mol. The summed E-state index contributed by atoms with van der Waals surface area (Å²) in [4.78, 5) is 11.6. The van der Waals surface area contributed by atoms with E-state index < -0.39 is 5.60 Å². The van der Waals surface area contributed by atoms with Gasteiger partial charge < -0.3 is 10.1 Å². The van der Waals surface area contributed by atoms with E-state index in [2.05, 4.69) is 36.5 Å². The average molecular weight is 261 g/mol. The average Bonchev–Trinajstić information content (AvgIpc) is 2.99. The fourth-order valence-corrected chi connectivity index (χ4v) is 2.40. The van der Waals surface area contributed by atoms with Crippen LogP contribution in [0.4, 0.5) is 4.79 Å². The lowest BCUT2D eigenvalue weighted by Gasteiger charge is -2.21. The van der Waals surface area contributed by atoms with Crippen LogP contribution in [0.1, 0.15) is 45.6 Å². The Morgan fingerprint density at radius 3 is 2.58 bits per heavy atom. The summed E-state index contributed by atoms with van der Waals surface area (Å²) < 4.78 is 5.25. The molecule has 2 rings (SSSR count). The summed E-state index contributed by atoms with van der Waals surface area (Å²) in [6.45, 7) is 8.50. The highest BCUT2D eigenvalue weighted by Gasteiger charge is 2.50. The number of carbonyl (C=O) groups is 1. The zero-order chi connectivity index (χ0) is 14.1. The second-order valence-electron chi connectivity index (χ2n) is 6.68. The molecule has 1 aromatic carbocycles. The molecule has 1 N–H and O–H groups in total. The summed E-state index contributed by atoms with van der Waals surface area (Å²) >= 11 is 0. The second kappa shape index (κ2) is 4.87. The molecule has 3 nitrogen and oxygen atoms in total. The van der Waals surface area contributed by atoms with Crippen LogP contribution in [0.2, 0.25) is 0 Å². The van der Waals surface area contributed by atoms with E-state index >= 15 is 0 Å². The molecule has 0 spiro atoms. The Bertz CT molecular complexity index is 450. The van der Waals surface area contributed by atoms with Gasteiger partial charge in [0.1, 0.15) is 5.60 Å². The molecule has 1 fully saturated rings. The Morgan fingerprint density at radius 1 is 1.37 bits per heavy atom. The van der Waals surface area contributed by atoms with Gasteiger partial charge in [-0.05, 0) is 44.1 Å². The summed E-state index contributed by atoms with van der Waals surface area (Å²) in [5, 5.41) is 2.88. The van der Waals surface area contributed by atoms with E-state index in [1.807, 2.05) is 26.8 Å². The molecule has 0 aliphatic heterocycles. The number of carbonyl (C=O) groups excluding carboxylic acids is 1. The van der Waals surface area contributed by atoms with Gasteiger partial charge in [0.25, 0.3) is 0 Å². The van der Waals surface area contributed by atoms with Gasteiger partial charge in [0.05, 0.1) is 0 Å². The van der Waals surface area contributed by atoms with Crippen LogP contribution in [-0.4, -0.2) is 18.2 Å². The number of alkyl carbamates (subject to hydrolysis) is 1. The number of hydrogen-bond donors (Lipinski definition) is 1. The van der Waals surface area contributed by atoms with E-state index in [0.717, 1.165) is 6.42 Å². The van der Waals surface area contributed by atoms with Crippen LogP contribution < -0.4 is 5.32 Å². The molecule has 1 aliphatic carbocycles. The van der Waals surface area contributed by atoms with Crippen molar-refractivity contribution < 1.29 is 9.53 Å². The lowest BCUT2D eigenvalue weighted by atomic mass is 10.0. The van der Waals surface area contributed by atoms with E-state index in [0.29, 0.717) is 12.5 Å². The molecule has 3 heteroatoms. The maximum Gasteiger partial charge on any atom is 0.407 e. The fraction of sp³-hybridized carbons (Fsp3) is 0.562. The molecule has 2 atom stereocenters. The molecule has 19 heavy (non-hydrogen) atoms. The van der Waals surface area contributed by atoms with Crippen molar-refractivity contribution in [3.8, 4) is 0 Å². The molecule has 0 saturated heterocycles. The highest BCUT2D eigenvalue weighted by Crippen LogP contribution is 2.58. The molecule has 2 unspecified atom stereocenters. The van der Waals surface area contributed by atoms with Crippen molar-refractivity contribution in [2.24, 2.45) is 5.41 Å². The Labute approximate surface area is 115 Å². The summed E-state index contributed by atoms with van der Waals surface area (Å²) in [6.07, 6.45) is 0.791. The zero-order valence-electron chi connectivity index (χ0n) is 12.2.